The minimum Gasteiger partial charge on any atom is -0.324 e. The fourth-order valence-electron chi connectivity index (χ4n) is 3.24. The molecule has 2 aromatic carbocycles. The Balaban J connectivity index is 1.66. The first-order valence-electron chi connectivity index (χ1n) is 8.92. The van der Waals surface area contributed by atoms with E-state index < -0.39 is 17.8 Å². The number of aromatic nitrogens is 2. The van der Waals surface area contributed by atoms with Crippen molar-refractivity contribution in [3.8, 4) is 5.69 Å². The van der Waals surface area contributed by atoms with E-state index in [1.807, 2.05) is 13.8 Å². The summed E-state index contributed by atoms with van der Waals surface area (Å²) in [5.74, 6) is -2.26. The lowest BCUT2D eigenvalue weighted by Crippen LogP contribution is -2.33. The van der Waals surface area contributed by atoms with E-state index in [9.17, 15) is 14.4 Å². The van der Waals surface area contributed by atoms with Crippen LogP contribution in [0.5, 0.6) is 0 Å². The maximum absolute atomic E-state index is 12.8. The van der Waals surface area contributed by atoms with Gasteiger partial charge in [-0.15, -0.1) is 0 Å². The Hall–Kier alpha value is -3.45. The van der Waals surface area contributed by atoms with Crippen LogP contribution in [0.25, 0.3) is 5.69 Å². The highest BCUT2D eigenvalue weighted by molar-refractivity contribution is 6.30. The van der Waals surface area contributed by atoms with Crippen LogP contribution in [0.2, 0.25) is 5.02 Å². The van der Waals surface area contributed by atoms with Gasteiger partial charge in [-0.05, 0) is 42.3 Å². The molecule has 8 heteroatoms. The average Bonchev–Trinajstić information content (AvgIpc) is 3.25. The van der Waals surface area contributed by atoms with Crippen LogP contribution < -0.4 is 0 Å². The molecule has 2 amide bonds. The Morgan fingerprint density at radius 1 is 1.00 bits per heavy atom. The molecule has 3 aromatic rings. The van der Waals surface area contributed by atoms with Gasteiger partial charge < -0.3 is 4.84 Å². The predicted molar refractivity (Wildman–Crippen MR) is 105 cm³/mol. The van der Waals surface area contributed by atoms with E-state index in [1.54, 1.807) is 41.1 Å². The van der Waals surface area contributed by atoms with Crippen molar-refractivity contribution in [2.45, 2.75) is 19.8 Å². The quantitative estimate of drug-likeness (QED) is 0.608. The molecule has 0 aliphatic carbocycles. The molecular formula is C21H16ClN3O4. The van der Waals surface area contributed by atoms with Gasteiger partial charge in [-0.3, -0.25) is 9.59 Å². The highest BCUT2D eigenvalue weighted by Crippen LogP contribution is 2.27. The first kappa shape index (κ1) is 18.9. The van der Waals surface area contributed by atoms with E-state index in [0.29, 0.717) is 15.8 Å². The summed E-state index contributed by atoms with van der Waals surface area (Å²) in [5.41, 5.74) is 1.89. The van der Waals surface area contributed by atoms with E-state index in [1.165, 1.54) is 18.3 Å². The molecular weight excluding hydrogens is 394 g/mol. The first-order chi connectivity index (χ1) is 13.9. The number of halogens is 1. The van der Waals surface area contributed by atoms with Crippen molar-refractivity contribution in [2.75, 3.05) is 0 Å². The van der Waals surface area contributed by atoms with Crippen molar-refractivity contribution in [3.63, 3.8) is 0 Å². The molecule has 0 fully saturated rings. The number of hydrogen-bond acceptors (Lipinski definition) is 5. The van der Waals surface area contributed by atoms with Crippen molar-refractivity contribution in [1.29, 1.82) is 0 Å². The maximum atomic E-state index is 12.8. The van der Waals surface area contributed by atoms with Gasteiger partial charge in [0.1, 0.15) is 5.56 Å². The van der Waals surface area contributed by atoms with Crippen LogP contribution in [0.15, 0.2) is 54.7 Å². The smallest absolute Gasteiger partial charge is 0.324 e. The van der Waals surface area contributed by atoms with Crippen LogP contribution in [0.3, 0.4) is 0 Å². The van der Waals surface area contributed by atoms with Crippen molar-refractivity contribution in [2.24, 2.45) is 0 Å². The Labute approximate surface area is 171 Å². The summed E-state index contributed by atoms with van der Waals surface area (Å²) in [7, 11) is 0. The van der Waals surface area contributed by atoms with Gasteiger partial charge in [0, 0.05) is 5.02 Å². The second-order valence-electron chi connectivity index (χ2n) is 6.82. The molecule has 0 unspecified atom stereocenters. The van der Waals surface area contributed by atoms with Gasteiger partial charge in [-0.25, -0.2) is 9.48 Å². The zero-order valence-corrected chi connectivity index (χ0v) is 16.4. The normalized spacial score (nSPS) is 13.2. The molecule has 0 atom stereocenters. The minimum absolute atomic E-state index is 0.0853. The molecule has 1 aliphatic heterocycles. The van der Waals surface area contributed by atoms with Crippen LogP contribution in [-0.2, 0) is 4.84 Å². The molecule has 1 aliphatic rings. The number of benzene rings is 2. The molecule has 4 rings (SSSR count). The number of nitrogens with zero attached hydrogens (tertiary/aromatic N) is 3. The third kappa shape index (κ3) is 3.19. The monoisotopic (exact) mass is 409 g/mol. The lowest BCUT2D eigenvalue weighted by Gasteiger charge is -2.15. The zero-order valence-electron chi connectivity index (χ0n) is 15.6. The lowest BCUT2D eigenvalue weighted by atomic mass is 10.1. The van der Waals surface area contributed by atoms with E-state index in [4.69, 9.17) is 16.4 Å². The highest BCUT2D eigenvalue weighted by atomic mass is 35.5. The molecule has 29 heavy (non-hydrogen) atoms. The summed E-state index contributed by atoms with van der Waals surface area (Å²) in [6.45, 7) is 3.81. The number of imide groups is 1. The van der Waals surface area contributed by atoms with Crippen molar-refractivity contribution in [1.82, 2.24) is 14.8 Å². The highest BCUT2D eigenvalue weighted by Gasteiger charge is 2.39. The molecule has 146 valence electrons. The fraction of sp³-hybridized carbons (Fsp3) is 0.143. The Kier molecular flexibility index (Phi) is 4.68. The summed E-state index contributed by atoms with van der Waals surface area (Å²) in [5, 5.41) is 5.37. The van der Waals surface area contributed by atoms with Crippen LogP contribution in [-0.4, -0.2) is 32.6 Å². The van der Waals surface area contributed by atoms with Gasteiger partial charge in [0.2, 0.25) is 0 Å². The van der Waals surface area contributed by atoms with E-state index in [2.05, 4.69) is 5.10 Å². The van der Waals surface area contributed by atoms with Crippen molar-refractivity contribution in [3.05, 3.63) is 82.1 Å². The van der Waals surface area contributed by atoms with Gasteiger partial charge in [0.25, 0.3) is 11.8 Å². The van der Waals surface area contributed by atoms with E-state index in [-0.39, 0.29) is 22.6 Å². The molecule has 0 saturated heterocycles. The first-order valence-corrected chi connectivity index (χ1v) is 9.30. The van der Waals surface area contributed by atoms with Gasteiger partial charge >= 0.3 is 5.97 Å². The number of carbonyl (C=O) groups is 3. The van der Waals surface area contributed by atoms with Crippen molar-refractivity contribution < 1.29 is 19.2 Å². The number of hydrogen-bond donors (Lipinski definition) is 0. The van der Waals surface area contributed by atoms with Crippen LogP contribution in [0.4, 0.5) is 0 Å². The number of carbonyl (C=O) groups excluding carboxylic acids is 3. The third-order valence-electron chi connectivity index (χ3n) is 4.58. The van der Waals surface area contributed by atoms with E-state index >= 15 is 0 Å². The number of rotatable bonds is 4. The predicted octanol–water partition coefficient (Wildman–Crippen LogP) is 4.02. The van der Waals surface area contributed by atoms with E-state index in [0.717, 1.165) is 5.69 Å². The maximum Gasteiger partial charge on any atom is 0.367 e. The second-order valence-corrected chi connectivity index (χ2v) is 7.25. The largest absolute Gasteiger partial charge is 0.367 e. The topological polar surface area (TPSA) is 81.5 Å². The Bertz CT molecular complexity index is 1100. The van der Waals surface area contributed by atoms with Gasteiger partial charge in [-0.2, -0.15) is 5.10 Å². The summed E-state index contributed by atoms with van der Waals surface area (Å²) in [6.07, 6.45) is 1.37. The average molecular weight is 410 g/mol. The number of amides is 2. The van der Waals surface area contributed by atoms with Crippen molar-refractivity contribution >= 4 is 29.4 Å². The van der Waals surface area contributed by atoms with Gasteiger partial charge in [0.15, 0.2) is 0 Å². The van der Waals surface area contributed by atoms with Crippen LogP contribution in [0, 0.1) is 0 Å². The molecule has 2 heterocycles. The molecule has 7 nitrogen and oxygen atoms in total. The van der Waals surface area contributed by atoms with Crippen LogP contribution in [0.1, 0.15) is 56.5 Å². The molecule has 0 spiro atoms. The summed E-state index contributed by atoms with van der Waals surface area (Å²) in [4.78, 5) is 42.9. The lowest BCUT2D eigenvalue weighted by molar-refractivity contribution is -0.0585. The van der Waals surface area contributed by atoms with Gasteiger partial charge in [0.05, 0.1) is 28.7 Å². The third-order valence-corrected chi connectivity index (χ3v) is 4.83. The summed E-state index contributed by atoms with van der Waals surface area (Å²) >= 11 is 5.94. The standard InChI is InChI=1S/C21H16ClN3O4/c1-12(2)18-17(11-23-24(18)14-9-7-13(22)8-10-14)21(28)29-25-19(26)15-5-3-4-6-16(15)20(25)27/h3-12H,1-2H3. The zero-order chi connectivity index (χ0) is 20.7. The van der Waals surface area contributed by atoms with Crippen LogP contribution >= 0.6 is 11.6 Å². The Morgan fingerprint density at radius 3 is 2.14 bits per heavy atom. The van der Waals surface area contributed by atoms with Gasteiger partial charge in [-0.1, -0.05) is 42.6 Å². The summed E-state index contributed by atoms with van der Waals surface area (Å²) in [6, 6.07) is 13.3. The number of hydroxylamine groups is 2. The number of fused-ring (bicyclic) bond motifs is 1. The molecule has 0 saturated carbocycles. The summed E-state index contributed by atoms with van der Waals surface area (Å²) < 4.78 is 1.61. The molecule has 1 aromatic heterocycles. The molecule has 0 N–H and O–H groups in total. The second kappa shape index (κ2) is 7.18. The fourth-order valence-corrected chi connectivity index (χ4v) is 3.37. The minimum atomic E-state index is -0.830. The SMILES string of the molecule is CC(C)c1c(C(=O)ON2C(=O)c3ccccc3C2=O)cnn1-c1ccc(Cl)cc1. The molecule has 0 bridgehead atoms. The molecule has 0 radical (unpaired) electrons. The Morgan fingerprint density at radius 2 is 1.59 bits per heavy atom.